The summed E-state index contributed by atoms with van der Waals surface area (Å²) in [5, 5.41) is 8.38. The number of fused-ring (bicyclic) bond motifs is 1. The summed E-state index contributed by atoms with van der Waals surface area (Å²) in [6.07, 6.45) is 3.92. The number of carbonyl (C=O) groups excluding carboxylic acids is 1. The van der Waals surface area contributed by atoms with Crippen molar-refractivity contribution in [1.29, 1.82) is 0 Å². The Bertz CT molecular complexity index is 1390. The molecule has 0 fully saturated rings. The highest BCUT2D eigenvalue weighted by Gasteiger charge is 2.16. The van der Waals surface area contributed by atoms with Gasteiger partial charge in [0, 0.05) is 15.6 Å². The molecule has 2 aromatic heterocycles. The highest BCUT2D eigenvalue weighted by Crippen LogP contribution is 2.38. The van der Waals surface area contributed by atoms with Gasteiger partial charge in [0.25, 0.3) is 5.91 Å². The maximum atomic E-state index is 12.5. The molecule has 0 unspecified atom stereocenters. The van der Waals surface area contributed by atoms with Gasteiger partial charge in [0.2, 0.25) is 5.43 Å². The maximum absolute atomic E-state index is 12.5. The van der Waals surface area contributed by atoms with E-state index < -0.39 is 12.5 Å². The van der Waals surface area contributed by atoms with E-state index in [0.717, 1.165) is 4.47 Å². The first-order chi connectivity index (χ1) is 15.4. The lowest BCUT2D eigenvalue weighted by Gasteiger charge is -2.11. The van der Waals surface area contributed by atoms with Crippen LogP contribution in [0.4, 0.5) is 0 Å². The van der Waals surface area contributed by atoms with Gasteiger partial charge in [0.05, 0.1) is 33.9 Å². The fourth-order valence-electron chi connectivity index (χ4n) is 2.80. The third-order valence-corrected chi connectivity index (χ3v) is 5.21. The van der Waals surface area contributed by atoms with Gasteiger partial charge >= 0.3 is 0 Å². The van der Waals surface area contributed by atoms with Crippen molar-refractivity contribution in [3.8, 4) is 17.1 Å². The molecule has 0 aliphatic rings. The number of benzene rings is 2. The number of hydrogen-bond donors (Lipinski definition) is 1. The van der Waals surface area contributed by atoms with Gasteiger partial charge < -0.3 is 13.7 Å². The predicted molar refractivity (Wildman–Crippen MR) is 123 cm³/mol. The Morgan fingerprint density at radius 2 is 2.09 bits per heavy atom. The van der Waals surface area contributed by atoms with Crippen molar-refractivity contribution < 1.29 is 18.5 Å². The van der Waals surface area contributed by atoms with Crippen LogP contribution in [0.5, 0.6) is 5.75 Å². The van der Waals surface area contributed by atoms with Gasteiger partial charge in [-0.2, -0.15) is 5.10 Å². The number of hydrazone groups is 1. The number of nitrogens with zero attached hydrogens (tertiary/aromatic N) is 2. The molecular formula is C21H12BrCl2N3O5. The van der Waals surface area contributed by atoms with Crippen LogP contribution in [0.1, 0.15) is 5.56 Å². The molecule has 2 heterocycles. The van der Waals surface area contributed by atoms with Crippen molar-refractivity contribution >= 4 is 62.2 Å². The van der Waals surface area contributed by atoms with E-state index in [4.69, 9.17) is 36.9 Å². The quantitative estimate of drug-likeness (QED) is 0.273. The Kier molecular flexibility index (Phi) is 6.59. The second kappa shape index (κ2) is 9.56. The third-order valence-electron chi connectivity index (χ3n) is 4.21. The third kappa shape index (κ3) is 4.85. The van der Waals surface area contributed by atoms with Crippen LogP contribution in [0.2, 0.25) is 10.0 Å². The highest BCUT2D eigenvalue weighted by molar-refractivity contribution is 9.10. The summed E-state index contributed by atoms with van der Waals surface area (Å²) in [6.45, 7) is -0.404. The molecular weight excluding hydrogens is 525 g/mol. The summed E-state index contributed by atoms with van der Waals surface area (Å²) < 4.78 is 16.8. The summed E-state index contributed by atoms with van der Waals surface area (Å²) in [4.78, 5) is 24.7. The van der Waals surface area contributed by atoms with Crippen LogP contribution in [0.25, 0.3) is 22.3 Å². The zero-order valence-corrected chi connectivity index (χ0v) is 19.1. The molecule has 2 aromatic carbocycles. The second-order valence-corrected chi connectivity index (χ2v) is 8.14. The molecule has 162 valence electrons. The predicted octanol–water partition coefficient (Wildman–Crippen LogP) is 5.05. The number of carbonyl (C=O) groups is 1. The molecule has 1 amide bonds. The molecule has 0 bridgehead atoms. The number of rotatable bonds is 6. The largest absolute Gasteiger partial charge is 0.481 e. The Balaban J connectivity index is 1.45. The first-order valence-corrected chi connectivity index (χ1v) is 10.5. The molecule has 4 aromatic rings. The highest BCUT2D eigenvalue weighted by atomic mass is 79.9. The Labute approximate surface area is 198 Å². The standard InChI is InChI=1S/C21H12BrCl2N3O5/c22-12-1-2-17-14(5-12)20(29)11(9-30-17)8-25-27-19(28)10-31-21-15(18-3-4-26-32-18)6-13(23)7-16(21)24/h1-9H,10H2,(H,27,28)/b25-8+. The normalized spacial score (nSPS) is 11.2. The second-order valence-electron chi connectivity index (χ2n) is 6.38. The monoisotopic (exact) mass is 535 g/mol. The zero-order chi connectivity index (χ0) is 22.7. The van der Waals surface area contributed by atoms with Crippen LogP contribution < -0.4 is 15.6 Å². The lowest BCUT2D eigenvalue weighted by Crippen LogP contribution is -2.25. The maximum Gasteiger partial charge on any atom is 0.277 e. The number of halogens is 3. The van der Waals surface area contributed by atoms with Gasteiger partial charge in [-0.15, -0.1) is 0 Å². The molecule has 0 saturated heterocycles. The van der Waals surface area contributed by atoms with E-state index in [1.807, 2.05) is 0 Å². The Hall–Kier alpha value is -3.14. The minimum Gasteiger partial charge on any atom is -0.481 e. The lowest BCUT2D eigenvalue weighted by molar-refractivity contribution is -0.123. The number of hydrogen-bond acceptors (Lipinski definition) is 7. The summed E-state index contributed by atoms with van der Waals surface area (Å²) in [5.74, 6) is -0.00565. The summed E-state index contributed by atoms with van der Waals surface area (Å²) >= 11 is 15.6. The van der Waals surface area contributed by atoms with Crippen molar-refractivity contribution in [2.75, 3.05) is 6.61 Å². The molecule has 32 heavy (non-hydrogen) atoms. The average Bonchev–Trinajstić information content (AvgIpc) is 3.29. The molecule has 11 heteroatoms. The van der Waals surface area contributed by atoms with Crippen LogP contribution in [0.3, 0.4) is 0 Å². The van der Waals surface area contributed by atoms with Crippen LogP contribution >= 0.6 is 39.1 Å². The summed E-state index contributed by atoms with van der Waals surface area (Å²) in [7, 11) is 0. The van der Waals surface area contributed by atoms with Gasteiger partial charge in [0.15, 0.2) is 12.4 Å². The first-order valence-electron chi connectivity index (χ1n) is 8.98. The molecule has 8 nitrogen and oxygen atoms in total. The lowest BCUT2D eigenvalue weighted by atomic mass is 10.1. The molecule has 0 aliphatic carbocycles. The topological polar surface area (TPSA) is 107 Å². The molecule has 0 aliphatic heterocycles. The minimum absolute atomic E-state index is 0.171. The van der Waals surface area contributed by atoms with Crippen molar-refractivity contribution in [2.45, 2.75) is 0 Å². The van der Waals surface area contributed by atoms with Crippen LogP contribution in [0, 0.1) is 0 Å². The number of ether oxygens (including phenoxy) is 1. The zero-order valence-electron chi connectivity index (χ0n) is 16.0. The fourth-order valence-corrected chi connectivity index (χ4v) is 3.71. The molecule has 0 saturated carbocycles. The van der Waals surface area contributed by atoms with E-state index >= 15 is 0 Å². The summed E-state index contributed by atoms with van der Waals surface area (Å²) in [6, 6.07) is 9.75. The SMILES string of the molecule is O=C(COc1c(Cl)cc(Cl)cc1-c1ccno1)N/N=C/c1coc2ccc(Br)cc2c1=O. The van der Waals surface area contributed by atoms with E-state index in [0.29, 0.717) is 27.3 Å². The minimum atomic E-state index is -0.580. The van der Waals surface area contributed by atoms with E-state index in [1.165, 1.54) is 24.7 Å². The van der Waals surface area contributed by atoms with E-state index in [9.17, 15) is 9.59 Å². The molecule has 1 N–H and O–H groups in total. The van der Waals surface area contributed by atoms with Crippen molar-refractivity contribution in [3.63, 3.8) is 0 Å². The van der Waals surface area contributed by atoms with Gasteiger partial charge in [-0.3, -0.25) is 9.59 Å². The van der Waals surface area contributed by atoms with E-state index in [-0.39, 0.29) is 21.8 Å². The number of aromatic nitrogens is 1. The van der Waals surface area contributed by atoms with E-state index in [1.54, 1.807) is 30.3 Å². The van der Waals surface area contributed by atoms with Crippen molar-refractivity contribution in [2.24, 2.45) is 5.10 Å². The Morgan fingerprint density at radius 1 is 1.25 bits per heavy atom. The average molecular weight is 537 g/mol. The van der Waals surface area contributed by atoms with Crippen LogP contribution in [-0.2, 0) is 4.79 Å². The molecule has 0 spiro atoms. The molecule has 0 radical (unpaired) electrons. The molecule has 4 rings (SSSR count). The number of nitrogens with one attached hydrogen (secondary N) is 1. The Morgan fingerprint density at radius 3 is 2.88 bits per heavy atom. The molecule has 0 atom stereocenters. The summed E-state index contributed by atoms with van der Waals surface area (Å²) in [5.41, 5.74) is 3.05. The smallest absolute Gasteiger partial charge is 0.277 e. The van der Waals surface area contributed by atoms with Gasteiger partial charge in [-0.1, -0.05) is 44.3 Å². The van der Waals surface area contributed by atoms with E-state index in [2.05, 4.69) is 31.6 Å². The fraction of sp³-hybridized carbons (Fsp3) is 0.0476. The van der Waals surface area contributed by atoms with Gasteiger partial charge in [-0.05, 0) is 30.3 Å². The van der Waals surface area contributed by atoms with Crippen molar-refractivity contribution in [1.82, 2.24) is 10.6 Å². The first kappa shape index (κ1) is 22.1. The van der Waals surface area contributed by atoms with Gasteiger partial charge in [-0.25, -0.2) is 5.43 Å². The van der Waals surface area contributed by atoms with Gasteiger partial charge in [0.1, 0.15) is 17.6 Å². The number of amides is 1. The van der Waals surface area contributed by atoms with Crippen molar-refractivity contribution in [3.05, 3.63) is 79.2 Å². The van der Waals surface area contributed by atoms with Crippen LogP contribution in [0.15, 0.2) is 72.2 Å². The van der Waals surface area contributed by atoms with Crippen LogP contribution in [-0.4, -0.2) is 23.9 Å².